The fourth-order valence-corrected chi connectivity index (χ4v) is 1.98. The van der Waals surface area contributed by atoms with Gasteiger partial charge in [-0.2, -0.15) is 0 Å². The van der Waals surface area contributed by atoms with Crippen LogP contribution in [0.15, 0.2) is 12.4 Å². The SMILES string of the molecule is CN(CCC(=O)O)c1cc(NCC2CCC2)ncn1. The number of hydrogen-bond acceptors (Lipinski definition) is 5. The molecule has 1 heterocycles. The third kappa shape index (κ3) is 4.08. The highest BCUT2D eigenvalue weighted by Gasteiger charge is 2.17. The maximum Gasteiger partial charge on any atom is 0.305 e. The van der Waals surface area contributed by atoms with Crippen molar-refractivity contribution in [2.24, 2.45) is 5.92 Å². The molecule has 0 atom stereocenters. The Hall–Kier alpha value is -1.85. The van der Waals surface area contributed by atoms with Crippen molar-refractivity contribution in [3.8, 4) is 0 Å². The van der Waals surface area contributed by atoms with Crippen LogP contribution in [0, 0.1) is 5.92 Å². The lowest BCUT2D eigenvalue weighted by atomic mass is 9.85. The van der Waals surface area contributed by atoms with E-state index in [0.717, 1.165) is 24.1 Å². The standard InChI is InChI=1S/C13H20N4O2/c1-17(6-5-13(18)19)12-7-11(15-9-16-12)14-8-10-3-2-4-10/h7,9-10H,2-6,8H2,1H3,(H,18,19)(H,14,15,16). The second-order valence-electron chi connectivity index (χ2n) is 5.00. The van der Waals surface area contributed by atoms with Crippen molar-refractivity contribution in [3.05, 3.63) is 12.4 Å². The molecule has 104 valence electrons. The van der Waals surface area contributed by atoms with Crippen LogP contribution in [0.5, 0.6) is 0 Å². The summed E-state index contributed by atoms with van der Waals surface area (Å²) in [4.78, 5) is 20.7. The predicted octanol–water partition coefficient (Wildman–Crippen LogP) is 1.60. The van der Waals surface area contributed by atoms with Crippen molar-refractivity contribution in [2.45, 2.75) is 25.7 Å². The quantitative estimate of drug-likeness (QED) is 0.779. The summed E-state index contributed by atoms with van der Waals surface area (Å²) in [6, 6.07) is 1.86. The lowest BCUT2D eigenvalue weighted by Crippen LogP contribution is -2.23. The van der Waals surface area contributed by atoms with Crippen LogP contribution in [0.25, 0.3) is 0 Å². The minimum Gasteiger partial charge on any atom is -0.481 e. The molecule has 1 aromatic rings. The van der Waals surface area contributed by atoms with E-state index in [2.05, 4.69) is 15.3 Å². The maximum absolute atomic E-state index is 10.5. The van der Waals surface area contributed by atoms with Crippen LogP contribution in [-0.2, 0) is 4.79 Å². The topological polar surface area (TPSA) is 78.4 Å². The summed E-state index contributed by atoms with van der Waals surface area (Å²) in [5, 5.41) is 12.0. The molecule has 19 heavy (non-hydrogen) atoms. The highest BCUT2D eigenvalue weighted by Crippen LogP contribution is 2.26. The predicted molar refractivity (Wildman–Crippen MR) is 73.4 cm³/mol. The number of carbonyl (C=O) groups is 1. The summed E-state index contributed by atoms with van der Waals surface area (Å²) in [5.74, 6) is 1.51. The van der Waals surface area contributed by atoms with Crippen molar-refractivity contribution >= 4 is 17.6 Å². The Kier molecular flexibility index (Phi) is 4.54. The molecule has 0 aromatic carbocycles. The molecule has 1 fully saturated rings. The first-order valence-corrected chi connectivity index (χ1v) is 6.64. The molecule has 6 nitrogen and oxygen atoms in total. The van der Waals surface area contributed by atoms with Crippen LogP contribution < -0.4 is 10.2 Å². The molecule has 6 heteroatoms. The van der Waals surface area contributed by atoms with Crippen molar-refractivity contribution < 1.29 is 9.90 Å². The lowest BCUT2D eigenvalue weighted by Gasteiger charge is -2.25. The molecule has 2 rings (SSSR count). The van der Waals surface area contributed by atoms with Crippen LogP contribution in [0.3, 0.4) is 0 Å². The number of carboxylic acids is 1. The van der Waals surface area contributed by atoms with Gasteiger partial charge in [0.05, 0.1) is 6.42 Å². The Labute approximate surface area is 112 Å². The molecule has 0 aliphatic heterocycles. The van der Waals surface area contributed by atoms with E-state index in [1.54, 1.807) is 0 Å². The van der Waals surface area contributed by atoms with Gasteiger partial charge in [0, 0.05) is 26.2 Å². The van der Waals surface area contributed by atoms with E-state index in [-0.39, 0.29) is 6.42 Å². The number of anilines is 2. The largest absolute Gasteiger partial charge is 0.481 e. The molecule has 1 aliphatic rings. The average Bonchev–Trinajstić information content (AvgIpc) is 2.34. The van der Waals surface area contributed by atoms with Crippen LogP contribution in [0.4, 0.5) is 11.6 Å². The molecule has 0 spiro atoms. The Morgan fingerprint density at radius 2 is 2.32 bits per heavy atom. The summed E-state index contributed by atoms with van der Waals surface area (Å²) in [7, 11) is 1.83. The molecular weight excluding hydrogens is 244 g/mol. The Balaban J connectivity index is 1.87. The fraction of sp³-hybridized carbons (Fsp3) is 0.615. The van der Waals surface area contributed by atoms with Crippen LogP contribution in [0.2, 0.25) is 0 Å². The lowest BCUT2D eigenvalue weighted by molar-refractivity contribution is -0.136. The monoisotopic (exact) mass is 264 g/mol. The first-order valence-electron chi connectivity index (χ1n) is 6.64. The van der Waals surface area contributed by atoms with Crippen molar-refractivity contribution in [1.29, 1.82) is 0 Å². The average molecular weight is 264 g/mol. The van der Waals surface area contributed by atoms with E-state index in [1.165, 1.54) is 25.6 Å². The number of rotatable bonds is 7. The summed E-state index contributed by atoms with van der Waals surface area (Å²) in [5.41, 5.74) is 0. The van der Waals surface area contributed by atoms with Crippen LogP contribution in [-0.4, -0.2) is 41.2 Å². The van der Waals surface area contributed by atoms with Crippen molar-refractivity contribution in [3.63, 3.8) is 0 Å². The second-order valence-corrected chi connectivity index (χ2v) is 5.00. The van der Waals surface area contributed by atoms with Crippen molar-refractivity contribution in [1.82, 2.24) is 9.97 Å². The number of carboxylic acid groups (broad SMARTS) is 1. The number of nitrogens with one attached hydrogen (secondary N) is 1. The molecule has 0 amide bonds. The molecule has 2 N–H and O–H groups in total. The van der Waals surface area contributed by atoms with Gasteiger partial charge in [-0.15, -0.1) is 0 Å². The van der Waals surface area contributed by atoms with Crippen molar-refractivity contribution in [2.75, 3.05) is 30.4 Å². The zero-order valence-corrected chi connectivity index (χ0v) is 11.2. The minimum atomic E-state index is -0.802. The van der Waals surface area contributed by atoms with E-state index >= 15 is 0 Å². The summed E-state index contributed by atoms with van der Waals surface area (Å²) < 4.78 is 0. The fourth-order valence-electron chi connectivity index (χ4n) is 1.98. The summed E-state index contributed by atoms with van der Waals surface area (Å²) in [6.07, 6.45) is 5.53. The molecular formula is C13H20N4O2. The molecule has 0 bridgehead atoms. The summed E-state index contributed by atoms with van der Waals surface area (Å²) >= 11 is 0. The third-order valence-corrected chi connectivity index (χ3v) is 3.50. The van der Waals surface area contributed by atoms with Gasteiger partial charge < -0.3 is 15.3 Å². The Morgan fingerprint density at radius 1 is 1.53 bits per heavy atom. The Morgan fingerprint density at radius 3 is 2.95 bits per heavy atom. The summed E-state index contributed by atoms with van der Waals surface area (Å²) in [6.45, 7) is 1.39. The van der Waals surface area contributed by atoms with E-state index in [9.17, 15) is 4.79 Å². The molecule has 1 aromatic heterocycles. The molecule has 0 radical (unpaired) electrons. The normalized spacial score (nSPS) is 14.8. The zero-order chi connectivity index (χ0) is 13.7. The molecule has 1 aliphatic carbocycles. The van der Waals surface area contributed by atoms with Gasteiger partial charge in [0.2, 0.25) is 0 Å². The first kappa shape index (κ1) is 13.6. The maximum atomic E-state index is 10.5. The van der Waals surface area contributed by atoms with Gasteiger partial charge in [-0.05, 0) is 18.8 Å². The Bertz CT molecular complexity index is 434. The van der Waals surface area contributed by atoms with Gasteiger partial charge in [-0.3, -0.25) is 4.79 Å². The smallest absolute Gasteiger partial charge is 0.305 e. The van der Waals surface area contributed by atoms with E-state index in [0.29, 0.717) is 6.54 Å². The highest BCUT2D eigenvalue weighted by atomic mass is 16.4. The van der Waals surface area contributed by atoms with Gasteiger partial charge in [-0.1, -0.05) is 6.42 Å². The van der Waals surface area contributed by atoms with E-state index in [4.69, 9.17) is 5.11 Å². The van der Waals surface area contributed by atoms with Gasteiger partial charge in [0.15, 0.2) is 0 Å². The van der Waals surface area contributed by atoms with E-state index < -0.39 is 5.97 Å². The third-order valence-electron chi connectivity index (χ3n) is 3.50. The molecule has 0 saturated heterocycles. The van der Waals surface area contributed by atoms with Gasteiger partial charge in [0.1, 0.15) is 18.0 Å². The van der Waals surface area contributed by atoms with Gasteiger partial charge in [-0.25, -0.2) is 9.97 Å². The van der Waals surface area contributed by atoms with Gasteiger partial charge in [0.25, 0.3) is 0 Å². The van der Waals surface area contributed by atoms with Gasteiger partial charge >= 0.3 is 5.97 Å². The van der Waals surface area contributed by atoms with Crippen LogP contribution >= 0.6 is 0 Å². The minimum absolute atomic E-state index is 0.103. The number of hydrogen-bond donors (Lipinski definition) is 2. The number of aromatic nitrogens is 2. The number of aliphatic carboxylic acids is 1. The molecule has 1 saturated carbocycles. The van der Waals surface area contributed by atoms with Crippen LogP contribution in [0.1, 0.15) is 25.7 Å². The zero-order valence-electron chi connectivity index (χ0n) is 11.2. The first-order chi connectivity index (χ1) is 9.15. The molecule has 0 unspecified atom stereocenters. The van der Waals surface area contributed by atoms with E-state index in [1.807, 2.05) is 18.0 Å². The number of nitrogens with zero attached hydrogens (tertiary/aromatic N) is 3. The highest BCUT2D eigenvalue weighted by molar-refractivity contribution is 5.67. The second kappa shape index (κ2) is 6.36.